The van der Waals surface area contributed by atoms with Gasteiger partial charge in [0.15, 0.2) is 11.5 Å². The van der Waals surface area contributed by atoms with Gasteiger partial charge in [-0.15, -0.1) is 0 Å². The van der Waals surface area contributed by atoms with Gasteiger partial charge in [0.2, 0.25) is 0 Å². The Balaban J connectivity index is 1.38. The molecule has 1 amide bonds. The number of rotatable bonds is 6. The lowest BCUT2D eigenvalue weighted by Gasteiger charge is -2.24. The summed E-state index contributed by atoms with van der Waals surface area (Å²) in [7, 11) is 0. The molecule has 0 spiro atoms. The van der Waals surface area contributed by atoms with Gasteiger partial charge in [-0.1, -0.05) is 6.07 Å². The van der Waals surface area contributed by atoms with E-state index in [9.17, 15) is 18.0 Å². The Morgan fingerprint density at radius 1 is 1.00 bits per heavy atom. The van der Waals surface area contributed by atoms with Gasteiger partial charge in [0, 0.05) is 36.8 Å². The molecular formula is C25H22F3N5O2. The molecule has 180 valence electrons. The standard InChI is InChI=1S/C25H22F3N5O2/c26-16-8-15(9-17(27)11-16)7-14-1-2-21-20(10-14)24(33-32-21)31-25(34)23-22(12-18(28)13-29-23)30-19-3-5-35-6-4-19/h1-2,8-13,19,30H,3-7H2,(H2,31,32,33,34). The minimum Gasteiger partial charge on any atom is -0.381 e. The zero-order valence-electron chi connectivity index (χ0n) is 18.6. The average molecular weight is 481 g/mol. The number of amides is 1. The van der Waals surface area contributed by atoms with E-state index in [0.29, 0.717) is 41.8 Å². The molecule has 5 rings (SSSR count). The van der Waals surface area contributed by atoms with E-state index in [1.165, 1.54) is 18.2 Å². The van der Waals surface area contributed by atoms with Crippen LogP contribution < -0.4 is 10.6 Å². The molecule has 1 aliphatic rings. The summed E-state index contributed by atoms with van der Waals surface area (Å²) in [6.45, 7) is 1.18. The van der Waals surface area contributed by atoms with Gasteiger partial charge in [0.1, 0.15) is 17.5 Å². The summed E-state index contributed by atoms with van der Waals surface area (Å²) in [6, 6.07) is 10.0. The fourth-order valence-electron chi connectivity index (χ4n) is 4.17. The fraction of sp³-hybridized carbons (Fsp3) is 0.240. The topological polar surface area (TPSA) is 91.9 Å². The molecule has 0 bridgehead atoms. The quantitative estimate of drug-likeness (QED) is 0.368. The zero-order chi connectivity index (χ0) is 24.4. The summed E-state index contributed by atoms with van der Waals surface area (Å²) < 4.78 is 46.4. The number of aromatic nitrogens is 3. The van der Waals surface area contributed by atoms with Gasteiger partial charge in [0.25, 0.3) is 5.91 Å². The van der Waals surface area contributed by atoms with E-state index >= 15 is 0 Å². The second-order valence-corrected chi connectivity index (χ2v) is 8.44. The molecular weight excluding hydrogens is 459 g/mol. The number of benzene rings is 2. The van der Waals surface area contributed by atoms with Crippen molar-refractivity contribution in [2.75, 3.05) is 23.8 Å². The van der Waals surface area contributed by atoms with Crippen LogP contribution in [0.5, 0.6) is 0 Å². The summed E-state index contributed by atoms with van der Waals surface area (Å²) in [5.41, 5.74) is 2.27. The molecule has 1 aliphatic heterocycles. The molecule has 10 heteroatoms. The number of nitrogens with one attached hydrogen (secondary N) is 3. The number of anilines is 2. The monoisotopic (exact) mass is 481 g/mol. The zero-order valence-corrected chi connectivity index (χ0v) is 18.6. The molecule has 2 aromatic carbocycles. The van der Waals surface area contributed by atoms with Crippen molar-refractivity contribution < 1.29 is 22.7 Å². The molecule has 2 aromatic heterocycles. The first kappa shape index (κ1) is 22.9. The molecule has 7 nitrogen and oxygen atoms in total. The van der Waals surface area contributed by atoms with E-state index < -0.39 is 23.4 Å². The average Bonchev–Trinajstić information content (AvgIpc) is 3.21. The Hall–Kier alpha value is -3.92. The maximum atomic E-state index is 13.9. The highest BCUT2D eigenvalue weighted by Crippen LogP contribution is 2.26. The molecule has 4 aromatic rings. The highest BCUT2D eigenvalue weighted by atomic mass is 19.1. The number of nitrogens with zero attached hydrogens (tertiary/aromatic N) is 2. The van der Waals surface area contributed by atoms with E-state index in [1.54, 1.807) is 12.1 Å². The van der Waals surface area contributed by atoms with Crippen LogP contribution in [0.25, 0.3) is 10.9 Å². The lowest BCUT2D eigenvalue weighted by Crippen LogP contribution is -2.29. The van der Waals surface area contributed by atoms with Gasteiger partial charge in [-0.3, -0.25) is 9.89 Å². The summed E-state index contributed by atoms with van der Waals surface area (Å²) >= 11 is 0. The smallest absolute Gasteiger partial charge is 0.277 e. The Morgan fingerprint density at radius 2 is 1.77 bits per heavy atom. The van der Waals surface area contributed by atoms with Crippen molar-refractivity contribution in [1.82, 2.24) is 15.2 Å². The highest BCUT2D eigenvalue weighted by molar-refractivity contribution is 6.09. The summed E-state index contributed by atoms with van der Waals surface area (Å²) in [5.74, 6) is -2.13. The van der Waals surface area contributed by atoms with E-state index in [-0.39, 0.29) is 17.6 Å². The van der Waals surface area contributed by atoms with Gasteiger partial charge >= 0.3 is 0 Å². The third kappa shape index (κ3) is 5.27. The minimum atomic E-state index is -0.644. The maximum Gasteiger partial charge on any atom is 0.277 e. The van der Waals surface area contributed by atoms with Crippen molar-refractivity contribution in [1.29, 1.82) is 0 Å². The number of carbonyl (C=O) groups excluding carboxylic acids is 1. The van der Waals surface area contributed by atoms with Crippen molar-refractivity contribution in [2.24, 2.45) is 0 Å². The predicted molar refractivity (Wildman–Crippen MR) is 125 cm³/mol. The summed E-state index contributed by atoms with van der Waals surface area (Å²) in [5, 5.41) is 13.6. The van der Waals surface area contributed by atoms with Gasteiger partial charge in [0.05, 0.1) is 17.4 Å². The molecule has 3 N–H and O–H groups in total. The lowest BCUT2D eigenvalue weighted by atomic mass is 10.0. The van der Waals surface area contributed by atoms with Crippen LogP contribution in [0, 0.1) is 17.5 Å². The number of fused-ring (bicyclic) bond motifs is 1. The van der Waals surface area contributed by atoms with Crippen LogP contribution in [-0.2, 0) is 11.2 Å². The SMILES string of the molecule is O=C(Nc1n[nH]c2ccc(Cc3cc(F)cc(F)c3)cc12)c1ncc(F)cc1NC1CCOCC1. The van der Waals surface area contributed by atoms with Crippen molar-refractivity contribution in [3.05, 3.63) is 82.9 Å². The Bertz CT molecular complexity index is 1360. The minimum absolute atomic E-state index is 0.0420. The maximum absolute atomic E-state index is 13.9. The second-order valence-electron chi connectivity index (χ2n) is 8.44. The number of carbonyl (C=O) groups is 1. The number of H-pyrrole nitrogens is 1. The van der Waals surface area contributed by atoms with Crippen LogP contribution in [-0.4, -0.2) is 40.3 Å². The number of aromatic amines is 1. The number of hydrogen-bond acceptors (Lipinski definition) is 5. The number of hydrogen-bond donors (Lipinski definition) is 3. The number of ether oxygens (including phenoxy) is 1. The van der Waals surface area contributed by atoms with E-state index in [1.807, 2.05) is 6.07 Å². The van der Waals surface area contributed by atoms with E-state index in [2.05, 4.69) is 25.8 Å². The van der Waals surface area contributed by atoms with Gasteiger partial charge in [-0.05, 0) is 54.7 Å². The Kier molecular flexibility index (Phi) is 6.37. The predicted octanol–water partition coefficient (Wildman–Crippen LogP) is 4.81. The van der Waals surface area contributed by atoms with Crippen LogP contribution in [0.3, 0.4) is 0 Å². The van der Waals surface area contributed by atoms with E-state index in [0.717, 1.165) is 30.7 Å². The molecule has 1 fully saturated rings. The summed E-state index contributed by atoms with van der Waals surface area (Å²) in [6.07, 6.45) is 2.75. The molecule has 3 heterocycles. The molecule has 0 radical (unpaired) electrons. The first-order valence-electron chi connectivity index (χ1n) is 11.2. The van der Waals surface area contributed by atoms with Gasteiger partial charge in [-0.2, -0.15) is 5.10 Å². The third-order valence-corrected chi connectivity index (χ3v) is 5.84. The summed E-state index contributed by atoms with van der Waals surface area (Å²) in [4.78, 5) is 17.1. The number of pyridine rings is 1. The van der Waals surface area contributed by atoms with Crippen LogP contribution in [0.2, 0.25) is 0 Å². The molecule has 0 aliphatic carbocycles. The van der Waals surface area contributed by atoms with Gasteiger partial charge in [-0.25, -0.2) is 18.2 Å². The van der Waals surface area contributed by atoms with Crippen molar-refractivity contribution in [3.8, 4) is 0 Å². The first-order valence-corrected chi connectivity index (χ1v) is 11.2. The molecule has 0 atom stereocenters. The lowest BCUT2D eigenvalue weighted by molar-refractivity contribution is 0.0904. The molecule has 35 heavy (non-hydrogen) atoms. The van der Waals surface area contributed by atoms with Gasteiger partial charge < -0.3 is 15.4 Å². The fourth-order valence-corrected chi connectivity index (χ4v) is 4.17. The normalized spacial score (nSPS) is 14.3. The van der Waals surface area contributed by atoms with Crippen LogP contribution in [0.15, 0.2) is 48.7 Å². The van der Waals surface area contributed by atoms with Crippen molar-refractivity contribution in [2.45, 2.75) is 25.3 Å². The highest BCUT2D eigenvalue weighted by Gasteiger charge is 2.21. The van der Waals surface area contributed by atoms with Crippen LogP contribution in [0.4, 0.5) is 24.7 Å². The van der Waals surface area contributed by atoms with E-state index in [4.69, 9.17) is 4.74 Å². The Morgan fingerprint density at radius 3 is 2.54 bits per heavy atom. The molecule has 1 saturated heterocycles. The van der Waals surface area contributed by atoms with Crippen molar-refractivity contribution in [3.63, 3.8) is 0 Å². The molecule has 0 saturated carbocycles. The van der Waals surface area contributed by atoms with Crippen LogP contribution in [0.1, 0.15) is 34.5 Å². The molecule has 0 unspecified atom stereocenters. The number of halogens is 3. The first-order chi connectivity index (χ1) is 16.9. The largest absolute Gasteiger partial charge is 0.381 e. The Labute approximate surface area is 198 Å². The second kappa shape index (κ2) is 9.75. The van der Waals surface area contributed by atoms with Crippen LogP contribution >= 0.6 is 0 Å². The third-order valence-electron chi connectivity index (χ3n) is 5.84. The van der Waals surface area contributed by atoms with Crippen molar-refractivity contribution >= 4 is 28.3 Å².